The van der Waals surface area contributed by atoms with Crippen LogP contribution in [0.3, 0.4) is 0 Å². The number of nitrogens with zero attached hydrogens (tertiary/aromatic N) is 4. The number of anilines is 1. The Morgan fingerprint density at radius 3 is 3.06 bits per heavy atom. The molecule has 0 unspecified atom stereocenters. The van der Waals surface area contributed by atoms with Crippen LogP contribution in [0.1, 0.15) is 24.7 Å². The molecule has 1 aliphatic rings. The molecule has 0 aliphatic carbocycles. The van der Waals surface area contributed by atoms with E-state index in [2.05, 4.69) is 37.8 Å². The van der Waals surface area contributed by atoms with E-state index in [0.717, 1.165) is 28.9 Å². The van der Waals surface area contributed by atoms with E-state index in [0.29, 0.717) is 11.9 Å². The standard InChI is InChI=1S/C11H14BrN5/c1-16-5-2-3-7(16)11-15-9(12)8-10(13)14-4-6-17(8)11/h4,6-7H,2-3,5H2,1H3,(H2,13,14)/t7-/m0/s1. The fraction of sp³-hybridized carbons (Fsp3) is 0.455. The molecule has 2 aromatic heterocycles. The summed E-state index contributed by atoms with van der Waals surface area (Å²) >= 11 is 3.47. The zero-order valence-electron chi connectivity index (χ0n) is 9.60. The first-order valence-corrected chi connectivity index (χ1v) is 6.46. The van der Waals surface area contributed by atoms with Crippen LogP contribution in [0.4, 0.5) is 5.82 Å². The van der Waals surface area contributed by atoms with Gasteiger partial charge in [-0.2, -0.15) is 0 Å². The van der Waals surface area contributed by atoms with Gasteiger partial charge in [-0.05, 0) is 42.4 Å². The number of halogens is 1. The van der Waals surface area contributed by atoms with E-state index >= 15 is 0 Å². The van der Waals surface area contributed by atoms with Gasteiger partial charge in [-0.3, -0.25) is 9.30 Å². The lowest BCUT2D eigenvalue weighted by molar-refractivity contribution is 0.305. The molecule has 90 valence electrons. The van der Waals surface area contributed by atoms with Crippen molar-refractivity contribution in [3.8, 4) is 0 Å². The van der Waals surface area contributed by atoms with E-state index in [4.69, 9.17) is 5.73 Å². The summed E-state index contributed by atoms with van der Waals surface area (Å²) in [7, 11) is 2.14. The maximum Gasteiger partial charge on any atom is 0.150 e. The Bertz CT molecular complexity index is 564. The van der Waals surface area contributed by atoms with E-state index in [1.807, 2.05) is 10.6 Å². The first-order valence-electron chi connectivity index (χ1n) is 5.66. The number of nitrogen functional groups attached to an aromatic ring is 1. The van der Waals surface area contributed by atoms with Gasteiger partial charge < -0.3 is 5.73 Å². The predicted octanol–water partition coefficient (Wildman–Crippen LogP) is 1.84. The topological polar surface area (TPSA) is 59.5 Å². The average molecular weight is 296 g/mol. The SMILES string of the molecule is CN1CCC[C@H]1c1nc(Br)c2c(N)nccn12. The van der Waals surface area contributed by atoms with Gasteiger partial charge in [-0.25, -0.2) is 9.97 Å². The zero-order chi connectivity index (χ0) is 12.0. The van der Waals surface area contributed by atoms with Crippen molar-refractivity contribution in [1.29, 1.82) is 0 Å². The Kier molecular flexibility index (Phi) is 2.56. The molecule has 2 N–H and O–H groups in total. The van der Waals surface area contributed by atoms with Crippen LogP contribution in [0.2, 0.25) is 0 Å². The summed E-state index contributed by atoms with van der Waals surface area (Å²) in [6, 6.07) is 0.371. The largest absolute Gasteiger partial charge is 0.382 e. The summed E-state index contributed by atoms with van der Waals surface area (Å²) in [5, 5.41) is 0. The van der Waals surface area contributed by atoms with Crippen LogP contribution in [0.25, 0.3) is 5.52 Å². The van der Waals surface area contributed by atoms with Gasteiger partial charge in [0, 0.05) is 12.4 Å². The third-order valence-corrected chi connectivity index (χ3v) is 3.94. The van der Waals surface area contributed by atoms with E-state index in [1.54, 1.807) is 6.20 Å². The van der Waals surface area contributed by atoms with Gasteiger partial charge in [0.1, 0.15) is 15.9 Å². The van der Waals surface area contributed by atoms with Crippen molar-refractivity contribution < 1.29 is 0 Å². The second-order valence-corrected chi connectivity index (χ2v) is 5.18. The fourth-order valence-electron chi connectivity index (χ4n) is 2.51. The summed E-state index contributed by atoms with van der Waals surface area (Å²) in [5.41, 5.74) is 6.75. The number of hydrogen-bond acceptors (Lipinski definition) is 4. The lowest BCUT2D eigenvalue weighted by Gasteiger charge is -2.17. The van der Waals surface area contributed by atoms with Crippen molar-refractivity contribution >= 4 is 27.3 Å². The summed E-state index contributed by atoms with van der Waals surface area (Å²) in [6.45, 7) is 1.12. The first-order chi connectivity index (χ1) is 8.18. The van der Waals surface area contributed by atoms with Crippen molar-refractivity contribution in [3.63, 3.8) is 0 Å². The molecule has 0 saturated carbocycles. The lowest BCUT2D eigenvalue weighted by atomic mass is 10.2. The Morgan fingerprint density at radius 2 is 2.35 bits per heavy atom. The van der Waals surface area contributed by atoms with Crippen LogP contribution in [0.15, 0.2) is 17.0 Å². The molecule has 0 spiro atoms. The number of nitrogens with two attached hydrogens (primary N) is 1. The molecule has 2 aromatic rings. The molecule has 0 radical (unpaired) electrons. The molecule has 6 heteroatoms. The van der Waals surface area contributed by atoms with Crippen molar-refractivity contribution in [1.82, 2.24) is 19.3 Å². The average Bonchev–Trinajstić information content (AvgIpc) is 2.84. The lowest BCUT2D eigenvalue weighted by Crippen LogP contribution is -2.19. The van der Waals surface area contributed by atoms with Crippen LogP contribution in [-0.2, 0) is 0 Å². The maximum atomic E-state index is 5.89. The Morgan fingerprint density at radius 1 is 1.53 bits per heavy atom. The van der Waals surface area contributed by atoms with Gasteiger partial charge in [0.05, 0.1) is 6.04 Å². The molecule has 0 aromatic carbocycles. The monoisotopic (exact) mass is 295 g/mol. The van der Waals surface area contributed by atoms with Gasteiger partial charge in [0.15, 0.2) is 5.82 Å². The third kappa shape index (κ3) is 1.63. The Labute approximate surface area is 108 Å². The number of hydrogen-bond donors (Lipinski definition) is 1. The quantitative estimate of drug-likeness (QED) is 0.872. The van der Waals surface area contributed by atoms with Crippen molar-refractivity contribution in [2.75, 3.05) is 19.3 Å². The second kappa shape index (κ2) is 3.96. The molecule has 5 nitrogen and oxygen atoms in total. The van der Waals surface area contributed by atoms with Crippen LogP contribution < -0.4 is 5.73 Å². The summed E-state index contributed by atoms with van der Waals surface area (Å²) < 4.78 is 2.82. The molecule has 1 fully saturated rings. The smallest absolute Gasteiger partial charge is 0.150 e. The Hall–Kier alpha value is -1.14. The minimum atomic E-state index is 0.371. The van der Waals surface area contributed by atoms with Crippen LogP contribution in [0, 0.1) is 0 Å². The number of imidazole rings is 1. The predicted molar refractivity (Wildman–Crippen MR) is 69.7 cm³/mol. The number of rotatable bonds is 1. The van der Waals surface area contributed by atoms with Gasteiger partial charge in [0.25, 0.3) is 0 Å². The van der Waals surface area contributed by atoms with Crippen LogP contribution >= 0.6 is 15.9 Å². The van der Waals surface area contributed by atoms with E-state index in [-0.39, 0.29) is 0 Å². The van der Waals surface area contributed by atoms with Crippen molar-refractivity contribution in [2.45, 2.75) is 18.9 Å². The van der Waals surface area contributed by atoms with Crippen molar-refractivity contribution in [3.05, 3.63) is 22.8 Å². The van der Waals surface area contributed by atoms with Gasteiger partial charge in [-0.1, -0.05) is 0 Å². The third-order valence-electron chi connectivity index (χ3n) is 3.39. The molecule has 1 atom stereocenters. The number of fused-ring (bicyclic) bond motifs is 1. The minimum Gasteiger partial charge on any atom is -0.382 e. The molecule has 1 saturated heterocycles. The molecule has 1 aliphatic heterocycles. The van der Waals surface area contributed by atoms with Gasteiger partial charge in [-0.15, -0.1) is 0 Å². The summed E-state index contributed by atoms with van der Waals surface area (Å²) in [6.07, 6.45) is 6.00. The Balaban J connectivity index is 2.20. The highest BCUT2D eigenvalue weighted by atomic mass is 79.9. The highest BCUT2D eigenvalue weighted by Crippen LogP contribution is 2.33. The molecule has 17 heavy (non-hydrogen) atoms. The maximum absolute atomic E-state index is 5.89. The highest BCUT2D eigenvalue weighted by Gasteiger charge is 2.27. The van der Waals surface area contributed by atoms with Gasteiger partial charge in [0.2, 0.25) is 0 Å². The fourth-order valence-corrected chi connectivity index (χ4v) is 3.09. The number of aromatic nitrogens is 3. The minimum absolute atomic E-state index is 0.371. The molecule has 0 amide bonds. The molecular weight excluding hydrogens is 282 g/mol. The highest BCUT2D eigenvalue weighted by molar-refractivity contribution is 9.10. The normalized spacial score (nSPS) is 21.4. The molecule has 0 bridgehead atoms. The first kappa shape index (κ1) is 11.0. The molecular formula is C11H14BrN5. The van der Waals surface area contributed by atoms with E-state index in [1.165, 1.54) is 6.42 Å². The van der Waals surface area contributed by atoms with Gasteiger partial charge >= 0.3 is 0 Å². The van der Waals surface area contributed by atoms with Crippen LogP contribution in [-0.4, -0.2) is 32.9 Å². The van der Waals surface area contributed by atoms with E-state index < -0.39 is 0 Å². The summed E-state index contributed by atoms with van der Waals surface area (Å²) in [4.78, 5) is 11.0. The van der Waals surface area contributed by atoms with Crippen LogP contribution in [0.5, 0.6) is 0 Å². The van der Waals surface area contributed by atoms with E-state index in [9.17, 15) is 0 Å². The molecule has 3 rings (SSSR count). The molecule has 3 heterocycles. The second-order valence-electron chi connectivity index (χ2n) is 4.43. The summed E-state index contributed by atoms with van der Waals surface area (Å²) in [5.74, 6) is 1.56. The number of likely N-dealkylation sites (tertiary alicyclic amines) is 1. The zero-order valence-corrected chi connectivity index (χ0v) is 11.2. The van der Waals surface area contributed by atoms with Crippen molar-refractivity contribution in [2.24, 2.45) is 0 Å².